The number of carbonyl (C=O) groups excluding carboxylic acids is 1. The van der Waals surface area contributed by atoms with Gasteiger partial charge in [-0.25, -0.2) is 0 Å². The van der Waals surface area contributed by atoms with E-state index in [1.54, 1.807) is 30.3 Å². The summed E-state index contributed by atoms with van der Waals surface area (Å²) in [6.07, 6.45) is 3.14. The molecule has 0 aliphatic carbocycles. The lowest BCUT2D eigenvalue weighted by Gasteiger charge is -2.12. The van der Waals surface area contributed by atoms with Gasteiger partial charge in [0, 0.05) is 17.1 Å². The minimum absolute atomic E-state index is 0.00820. The molecule has 1 saturated heterocycles. The van der Waals surface area contributed by atoms with Gasteiger partial charge in [-0.2, -0.15) is 8.42 Å². The van der Waals surface area contributed by atoms with E-state index < -0.39 is 10.0 Å². The average molecular weight is 596 g/mol. The van der Waals surface area contributed by atoms with Gasteiger partial charge in [-0.15, -0.1) is 22.3 Å². The molecule has 2 aromatic carbocycles. The maximum atomic E-state index is 13.1. The Morgan fingerprint density at radius 1 is 1.11 bits per heavy atom. The third-order valence-corrected chi connectivity index (χ3v) is 9.48. The van der Waals surface area contributed by atoms with Gasteiger partial charge < -0.3 is 9.47 Å². The smallest absolute Gasteiger partial charge is 0.294 e. The monoisotopic (exact) mass is 594 g/mol. The number of halogens is 2. The number of nitrogens with zero attached hydrogens (tertiary/aromatic N) is 2. The van der Waals surface area contributed by atoms with Gasteiger partial charge in [-0.05, 0) is 53.7 Å². The van der Waals surface area contributed by atoms with Gasteiger partial charge in [0.2, 0.25) is 0 Å². The van der Waals surface area contributed by atoms with Gasteiger partial charge in [0.05, 0.1) is 16.4 Å². The minimum atomic E-state index is -4.04. The Labute approximate surface area is 233 Å². The summed E-state index contributed by atoms with van der Waals surface area (Å²) in [7, 11) is -2.53. The van der Waals surface area contributed by atoms with Gasteiger partial charge >= 0.3 is 0 Å². The van der Waals surface area contributed by atoms with Crippen molar-refractivity contribution in [3.63, 3.8) is 0 Å². The van der Waals surface area contributed by atoms with E-state index >= 15 is 0 Å². The second-order valence-corrected chi connectivity index (χ2v) is 12.5. The Bertz CT molecular complexity index is 1520. The van der Waals surface area contributed by atoms with E-state index in [0.29, 0.717) is 31.3 Å². The van der Waals surface area contributed by atoms with E-state index in [4.69, 9.17) is 32.7 Å². The molecule has 0 unspecified atom stereocenters. The van der Waals surface area contributed by atoms with E-state index in [9.17, 15) is 13.2 Å². The summed E-state index contributed by atoms with van der Waals surface area (Å²) in [5.41, 5.74) is 1.49. The molecule has 2 heterocycles. The van der Waals surface area contributed by atoms with Gasteiger partial charge in [0.15, 0.2) is 16.7 Å². The topological polar surface area (TPSA) is 85.3 Å². The summed E-state index contributed by atoms with van der Waals surface area (Å²) < 4.78 is 41.1. The number of rotatable bonds is 9. The van der Waals surface area contributed by atoms with E-state index in [-0.39, 0.29) is 28.4 Å². The number of hydrogen-bond acceptors (Lipinski definition) is 7. The van der Waals surface area contributed by atoms with Crippen LogP contribution in [-0.4, -0.2) is 38.0 Å². The fraction of sp³-hybridized carbons (Fsp3) is 0.120. The zero-order valence-electron chi connectivity index (χ0n) is 19.4. The molecule has 192 valence electrons. The van der Waals surface area contributed by atoms with Crippen molar-refractivity contribution in [1.29, 1.82) is 0 Å². The molecule has 37 heavy (non-hydrogen) atoms. The molecule has 1 amide bonds. The molecule has 0 atom stereocenters. The molecular formula is C25H20Cl2N2O5S3. The average Bonchev–Trinajstić information content (AvgIpc) is 3.43. The lowest BCUT2D eigenvalue weighted by atomic mass is 10.1. The fourth-order valence-electron chi connectivity index (χ4n) is 3.27. The van der Waals surface area contributed by atoms with Crippen molar-refractivity contribution in [2.75, 3.05) is 13.7 Å². The number of hydrogen-bond donors (Lipinski definition) is 0. The van der Waals surface area contributed by atoms with E-state index in [1.807, 2.05) is 18.2 Å². The Balaban J connectivity index is 1.59. The number of amidine groups is 1. The number of thioether (sulfide) groups is 1. The van der Waals surface area contributed by atoms with Gasteiger partial charge in [0.1, 0.15) is 10.8 Å². The van der Waals surface area contributed by atoms with Crippen molar-refractivity contribution in [1.82, 2.24) is 4.90 Å². The van der Waals surface area contributed by atoms with E-state index in [1.165, 1.54) is 30.2 Å². The van der Waals surface area contributed by atoms with Gasteiger partial charge in [-0.3, -0.25) is 9.69 Å². The third kappa shape index (κ3) is 6.39. The van der Waals surface area contributed by atoms with Crippen LogP contribution in [0.5, 0.6) is 11.5 Å². The number of thiophene rings is 1. The van der Waals surface area contributed by atoms with Crippen LogP contribution in [0.3, 0.4) is 0 Å². The van der Waals surface area contributed by atoms with Crippen LogP contribution >= 0.6 is 46.3 Å². The summed E-state index contributed by atoms with van der Waals surface area (Å²) in [6, 6.07) is 15.5. The first-order valence-corrected chi connectivity index (χ1v) is 14.5. The number of sulfonamides is 1. The number of amides is 1. The molecule has 7 nitrogen and oxygen atoms in total. The van der Waals surface area contributed by atoms with Crippen molar-refractivity contribution in [2.45, 2.75) is 10.8 Å². The van der Waals surface area contributed by atoms with Crippen molar-refractivity contribution < 1.29 is 22.7 Å². The second kappa shape index (κ2) is 11.7. The Hall–Kier alpha value is -2.76. The first kappa shape index (κ1) is 27.3. The number of carbonyl (C=O) groups is 1. The van der Waals surface area contributed by atoms with Crippen LogP contribution in [-0.2, 0) is 21.4 Å². The highest BCUT2D eigenvalue weighted by atomic mass is 35.5. The van der Waals surface area contributed by atoms with Crippen LogP contribution in [0.25, 0.3) is 6.08 Å². The normalized spacial score (nSPS) is 16.0. The standard InChI is InChI=1S/C25H20Cl2N2O5S3/c1-3-12-29-24(30)21(35-25(29)28-37(31,32)23-11-10-22(27)36-23)14-16-8-9-19(20(13-16)33-2)34-15-17-6-4-5-7-18(17)26/h3-11,13-14H,1,12,15H2,2H3/b21-14-,28-25+. The molecule has 3 aromatic rings. The SMILES string of the molecule is C=CCN1C(=O)/C(=C/c2ccc(OCc3ccccc3Cl)c(OC)c2)S/C1=N/S(=O)(=O)c1ccc(Cl)s1. The molecule has 0 spiro atoms. The van der Waals surface area contributed by atoms with E-state index in [0.717, 1.165) is 28.7 Å². The second-order valence-electron chi connectivity index (χ2n) is 7.51. The maximum Gasteiger partial charge on any atom is 0.294 e. The number of methoxy groups -OCH3 is 1. The molecule has 0 bridgehead atoms. The Kier molecular flexibility index (Phi) is 8.66. The molecule has 12 heteroatoms. The summed E-state index contributed by atoms with van der Waals surface area (Å²) in [5, 5.41) is 0.637. The molecule has 1 aliphatic rings. The van der Waals surface area contributed by atoms with Gasteiger partial charge in [0.25, 0.3) is 15.9 Å². The molecular weight excluding hydrogens is 575 g/mol. The summed E-state index contributed by atoms with van der Waals surface area (Å²) >= 11 is 13.9. The lowest BCUT2D eigenvalue weighted by molar-refractivity contribution is -0.121. The first-order chi connectivity index (χ1) is 17.7. The van der Waals surface area contributed by atoms with Crippen molar-refractivity contribution in [2.24, 2.45) is 4.40 Å². The Morgan fingerprint density at radius 3 is 2.57 bits per heavy atom. The maximum absolute atomic E-state index is 13.1. The molecule has 0 N–H and O–H groups in total. The molecule has 1 fully saturated rings. The van der Waals surface area contributed by atoms with Crippen LogP contribution in [0, 0.1) is 0 Å². The van der Waals surface area contributed by atoms with Crippen molar-refractivity contribution >= 4 is 73.5 Å². The quantitative estimate of drug-likeness (QED) is 0.208. The van der Waals surface area contributed by atoms with Crippen LogP contribution in [0.4, 0.5) is 0 Å². The molecule has 1 aromatic heterocycles. The highest BCUT2D eigenvalue weighted by Gasteiger charge is 2.34. The molecule has 4 rings (SSSR count). The van der Waals surface area contributed by atoms with E-state index in [2.05, 4.69) is 11.0 Å². The van der Waals surface area contributed by atoms with Crippen molar-refractivity contribution in [3.05, 3.63) is 92.6 Å². The van der Waals surface area contributed by atoms with Gasteiger partial charge in [-0.1, -0.05) is 53.5 Å². The predicted octanol–water partition coefficient (Wildman–Crippen LogP) is 6.49. The summed E-state index contributed by atoms with van der Waals surface area (Å²) in [6.45, 7) is 4.01. The van der Waals surface area contributed by atoms with Crippen molar-refractivity contribution in [3.8, 4) is 11.5 Å². The first-order valence-electron chi connectivity index (χ1n) is 10.7. The predicted molar refractivity (Wildman–Crippen MR) is 150 cm³/mol. The minimum Gasteiger partial charge on any atom is -0.493 e. The highest BCUT2D eigenvalue weighted by Crippen LogP contribution is 2.36. The zero-order chi connectivity index (χ0) is 26.6. The van der Waals surface area contributed by atoms with Crippen LogP contribution in [0.1, 0.15) is 11.1 Å². The van der Waals surface area contributed by atoms with Crippen LogP contribution < -0.4 is 9.47 Å². The molecule has 1 aliphatic heterocycles. The largest absolute Gasteiger partial charge is 0.493 e. The number of ether oxygens (including phenoxy) is 2. The highest BCUT2D eigenvalue weighted by molar-refractivity contribution is 8.19. The van der Waals surface area contributed by atoms with Crippen LogP contribution in [0.15, 0.2) is 80.8 Å². The lowest BCUT2D eigenvalue weighted by Crippen LogP contribution is -2.29. The number of benzene rings is 2. The van der Waals surface area contributed by atoms with Crippen LogP contribution in [0.2, 0.25) is 9.36 Å². The third-order valence-electron chi connectivity index (χ3n) is 5.03. The summed E-state index contributed by atoms with van der Waals surface area (Å²) in [4.78, 5) is 14.6. The Morgan fingerprint density at radius 2 is 1.89 bits per heavy atom. The molecule has 0 saturated carbocycles. The summed E-state index contributed by atoms with van der Waals surface area (Å²) in [5.74, 6) is 0.582. The molecule has 0 radical (unpaired) electrons. The zero-order valence-corrected chi connectivity index (χ0v) is 23.3. The fourth-order valence-corrected chi connectivity index (χ4v) is 7.11.